The number of hydrogen-bond donors (Lipinski definition) is 0. The average molecular weight is 345 g/mol. The molecule has 6 heteroatoms. The normalized spacial score (nSPS) is 19.5. The minimum Gasteiger partial charge on any atom is -0.381 e. The van der Waals surface area contributed by atoms with Crippen LogP contribution in [0, 0.1) is 12.8 Å². The first-order valence-corrected chi connectivity index (χ1v) is 9.58. The van der Waals surface area contributed by atoms with Gasteiger partial charge >= 0.3 is 0 Å². The van der Waals surface area contributed by atoms with Gasteiger partial charge < -0.3 is 14.2 Å². The molecule has 1 amide bonds. The molecule has 2 aromatic heterocycles. The maximum absolute atomic E-state index is 12.3. The molecule has 2 fully saturated rings. The zero-order valence-electron chi connectivity index (χ0n) is 14.0. The first kappa shape index (κ1) is 15.8. The van der Waals surface area contributed by atoms with Crippen LogP contribution in [0.4, 0.5) is 0 Å². The Morgan fingerprint density at radius 2 is 2.17 bits per heavy atom. The van der Waals surface area contributed by atoms with Crippen LogP contribution < -0.4 is 0 Å². The molecule has 0 saturated carbocycles. The highest BCUT2D eigenvalue weighted by Gasteiger charge is 2.33. The molecule has 2 saturated heterocycles. The summed E-state index contributed by atoms with van der Waals surface area (Å²) in [5.74, 6) is 2.41. The minimum atomic E-state index is 0.166. The van der Waals surface area contributed by atoms with Gasteiger partial charge in [-0.1, -0.05) is 0 Å². The smallest absolute Gasteiger partial charge is 0.254 e. The monoisotopic (exact) mass is 345 g/mol. The van der Waals surface area contributed by atoms with Gasteiger partial charge in [-0.25, -0.2) is 4.98 Å². The molecule has 2 aliphatic heterocycles. The van der Waals surface area contributed by atoms with Crippen LogP contribution in [0.2, 0.25) is 0 Å². The number of carbonyl (C=O) groups is 1. The van der Waals surface area contributed by atoms with Crippen molar-refractivity contribution in [3.63, 3.8) is 0 Å². The second kappa shape index (κ2) is 6.69. The number of ether oxygens (including phenoxy) is 1. The van der Waals surface area contributed by atoms with E-state index >= 15 is 0 Å². The van der Waals surface area contributed by atoms with Crippen molar-refractivity contribution in [2.75, 3.05) is 26.3 Å². The first-order valence-electron chi connectivity index (χ1n) is 8.63. The van der Waals surface area contributed by atoms with Crippen molar-refractivity contribution in [3.8, 4) is 0 Å². The van der Waals surface area contributed by atoms with E-state index in [1.165, 1.54) is 11.5 Å². The van der Waals surface area contributed by atoms with Crippen LogP contribution in [0.5, 0.6) is 0 Å². The summed E-state index contributed by atoms with van der Waals surface area (Å²) in [6.07, 6.45) is 4.10. The van der Waals surface area contributed by atoms with Gasteiger partial charge in [0.1, 0.15) is 5.82 Å². The van der Waals surface area contributed by atoms with Crippen LogP contribution in [0.3, 0.4) is 0 Å². The number of likely N-dealkylation sites (tertiary alicyclic amines) is 1. The molecule has 24 heavy (non-hydrogen) atoms. The predicted octanol–water partition coefficient (Wildman–Crippen LogP) is 2.92. The molecule has 0 N–H and O–H groups in total. The molecule has 0 atom stereocenters. The number of amides is 1. The third kappa shape index (κ3) is 3.00. The lowest BCUT2D eigenvalue weighted by atomic mass is 9.96. The molecule has 0 aliphatic carbocycles. The second-order valence-electron chi connectivity index (χ2n) is 6.84. The van der Waals surface area contributed by atoms with Crippen molar-refractivity contribution in [2.24, 2.45) is 5.92 Å². The highest BCUT2D eigenvalue weighted by molar-refractivity contribution is 7.08. The summed E-state index contributed by atoms with van der Waals surface area (Å²) in [4.78, 5) is 18.9. The van der Waals surface area contributed by atoms with Gasteiger partial charge in [-0.15, -0.1) is 0 Å². The largest absolute Gasteiger partial charge is 0.381 e. The van der Waals surface area contributed by atoms with Crippen LogP contribution in [0.25, 0.3) is 0 Å². The molecule has 128 valence electrons. The number of hydrogen-bond acceptors (Lipinski definition) is 4. The summed E-state index contributed by atoms with van der Waals surface area (Å²) < 4.78 is 7.84. The van der Waals surface area contributed by atoms with E-state index in [0.717, 1.165) is 51.3 Å². The Morgan fingerprint density at radius 3 is 2.88 bits per heavy atom. The molecule has 0 spiro atoms. The summed E-state index contributed by atoms with van der Waals surface area (Å²) >= 11 is 1.57. The van der Waals surface area contributed by atoms with Crippen LogP contribution in [0.1, 0.15) is 40.6 Å². The van der Waals surface area contributed by atoms with E-state index in [-0.39, 0.29) is 5.91 Å². The summed E-state index contributed by atoms with van der Waals surface area (Å²) in [6, 6.07) is 1.91. The van der Waals surface area contributed by atoms with Crippen molar-refractivity contribution in [1.29, 1.82) is 0 Å². The van der Waals surface area contributed by atoms with E-state index in [2.05, 4.69) is 16.5 Å². The minimum absolute atomic E-state index is 0.166. The molecule has 0 unspecified atom stereocenters. The third-order valence-corrected chi connectivity index (χ3v) is 5.81. The zero-order chi connectivity index (χ0) is 16.5. The number of rotatable bonds is 4. The van der Waals surface area contributed by atoms with Crippen LogP contribution >= 0.6 is 11.3 Å². The van der Waals surface area contributed by atoms with Crippen LogP contribution in [-0.4, -0.2) is 46.7 Å². The van der Waals surface area contributed by atoms with E-state index in [1.807, 2.05) is 27.9 Å². The van der Waals surface area contributed by atoms with Crippen LogP contribution in [0.15, 0.2) is 23.0 Å². The molecule has 0 radical (unpaired) electrons. The molecule has 5 nitrogen and oxygen atoms in total. The molecule has 2 aromatic rings. The van der Waals surface area contributed by atoms with Gasteiger partial charge in [-0.2, -0.15) is 11.3 Å². The number of carbonyl (C=O) groups excluding carboxylic acids is 1. The molecule has 4 heterocycles. The fourth-order valence-electron chi connectivity index (χ4n) is 3.68. The third-order valence-electron chi connectivity index (χ3n) is 5.13. The summed E-state index contributed by atoms with van der Waals surface area (Å²) in [7, 11) is 0. The number of thiophene rings is 1. The van der Waals surface area contributed by atoms with Gasteiger partial charge in [0.25, 0.3) is 5.91 Å². The highest BCUT2D eigenvalue weighted by Crippen LogP contribution is 2.29. The Labute approximate surface area is 146 Å². The summed E-state index contributed by atoms with van der Waals surface area (Å²) in [6.45, 7) is 6.46. The highest BCUT2D eigenvalue weighted by atomic mass is 32.1. The Bertz CT molecular complexity index is 698. The second-order valence-corrected chi connectivity index (χ2v) is 7.62. The van der Waals surface area contributed by atoms with E-state index < -0.39 is 0 Å². The Morgan fingerprint density at radius 1 is 1.38 bits per heavy atom. The fraction of sp³-hybridized carbons (Fsp3) is 0.556. The Hall–Kier alpha value is -1.66. The molecular weight excluding hydrogens is 322 g/mol. The van der Waals surface area contributed by atoms with E-state index in [0.29, 0.717) is 11.8 Å². The number of aromatic nitrogens is 2. The van der Waals surface area contributed by atoms with Gasteiger partial charge in [0.05, 0.1) is 5.56 Å². The lowest BCUT2D eigenvalue weighted by Crippen LogP contribution is -2.51. The maximum Gasteiger partial charge on any atom is 0.254 e. The van der Waals surface area contributed by atoms with E-state index in [9.17, 15) is 4.79 Å². The van der Waals surface area contributed by atoms with Crippen molar-refractivity contribution in [3.05, 3.63) is 40.1 Å². The summed E-state index contributed by atoms with van der Waals surface area (Å²) in [5, 5.41) is 3.89. The lowest BCUT2D eigenvalue weighted by molar-refractivity contribution is 0.0461. The number of nitrogens with zero attached hydrogens (tertiary/aromatic N) is 3. The van der Waals surface area contributed by atoms with Gasteiger partial charge in [-0.05, 0) is 31.2 Å². The van der Waals surface area contributed by atoms with Gasteiger partial charge in [0.2, 0.25) is 0 Å². The standard InChI is InChI=1S/C18H23N3O2S/c1-13-8-19-17(15-2-5-23-6-3-15)21(13)11-14-9-20(10-14)18(22)16-4-7-24-12-16/h4,7-8,12,14-15H,2-3,5-6,9-11H2,1H3. The van der Waals surface area contributed by atoms with Crippen LogP contribution in [-0.2, 0) is 11.3 Å². The lowest BCUT2D eigenvalue weighted by Gasteiger charge is -2.40. The van der Waals surface area contributed by atoms with Gasteiger partial charge in [0.15, 0.2) is 0 Å². The van der Waals surface area contributed by atoms with Gasteiger partial charge in [-0.3, -0.25) is 4.79 Å². The Kier molecular flexibility index (Phi) is 4.41. The molecule has 0 bridgehead atoms. The van der Waals surface area contributed by atoms with Crippen molar-refractivity contribution in [2.45, 2.75) is 32.2 Å². The summed E-state index contributed by atoms with van der Waals surface area (Å²) in [5.41, 5.74) is 2.04. The van der Waals surface area contributed by atoms with Crippen molar-refractivity contribution < 1.29 is 9.53 Å². The molecule has 4 rings (SSSR count). The Balaban J connectivity index is 1.39. The molecule has 2 aliphatic rings. The molecule has 0 aromatic carbocycles. The quantitative estimate of drug-likeness (QED) is 0.856. The fourth-order valence-corrected chi connectivity index (χ4v) is 4.31. The van der Waals surface area contributed by atoms with Gasteiger partial charge in [0, 0.05) is 62.0 Å². The van der Waals surface area contributed by atoms with Crippen molar-refractivity contribution in [1.82, 2.24) is 14.5 Å². The van der Waals surface area contributed by atoms with E-state index in [4.69, 9.17) is 4.74 Å². The zero-order valence-corrected chi connectivity index (χ0v) is 14.8. The number of imidazole rings is 1. The van der Waals surface area contributed by atoms with E-state index in [1.54, 1.807) is 11.3 Å². The first-order chi connectivity index (χ1) is 11.7. The maximum atomic E-state index is 12.3. The predicted molar refractivity (Wildman–Crippen MR) is 93.5 cm³/mol. The topological polar surface area (TPSA) is 47.4 Å². The number of aryl methyl sites for hydroxylation is 1. The SMILES string of the molecule is Cc1cnc(C2CCOCC2)n1CC1CN(C(=O)c2ccsc2)C1. The molecular formula is C18H23N3O2S. The average Bonchev–Trinajstić information content (AvgIpc) is 3.21. The van der Waals surface area contributed by atoms with Crippen molar-refractivity contribution >= 4 is 17.2 Å².